The number of esters is 3. The lowest BCUT2D eigenvalue weighted by Crippen LogP contribution is -2.69. The number of ether oxygens (including phenoxy) is 9. The topological polar surface area (TPSA) is 203 Å². The smallest absolute Gasteiger partial charge is 0.303 e. The molecule has 6 rings (SSSR count). The van der Waals surface area contributed by atoms with Gasteiger partial charge in [-0.3, -0.25) is 14.4 Å². The highest BCUT2D eigenvalue weighted by atomic mass is 16.7. The summed E-state index contributed by atoms with van der Waals surface area (Å²) in [4.78, 5) is 40.0. The summed E-state index contributed by atoms with van der Waals surface area (Å²) in [6, 6.07) is 36.2. The molecule has 1 saturated heterocycles. The highest BCUT2D eigenvalue weighted by molar-refractivity contribution is 5.68. The van der Waals surface area contributed by atoms with Crippen LogP contribution in [-0.4, -0.2) is 96.9 Å². The first-order valence-corrected chi connectivity index (χ1v) is 20.2. The summed E-state index contributed by atoms with van der Waals surface area (Å²) < 4.78 is 56.4. The summed E-state index contributed by atoms with van der Waals surface area (Å²) in [5.41, 5.74) is 13.2. The fraction of sp³-hybridized carbons (Fsp3) is 0.413. The predicted octanol–water partition coefficient (Wildman–Crippen LogP) is 5.92. The van der Waals surface area contributed by atoms with Gasteiger partial charge in [-0.1, -0.05) is 126 Å². The van der Waals surface area contributed by atoms with Crippen LogP contribution in [0.2, 0.25) is 0 Å². The van der Waals surface area contributed by atoms with Crippen molar-refractivity contribution < 1.29 is 62.1 Å². The number of carbonyl (C=O) groups excluding carboxylic acids is 3. The van der Waals surface area contributed by atoms with Gasteiger partial charge in [-0.25, -0.2) is 0 Å². The Morgan fingerprint density at radius 2 is 0.952 bits per heavy atom. The number of rotatable bonds is 19. The number of aliphatic hydroxyl groups excluding tert-OH is 1. The van der Waals surface area contributed by atoms with Crippen LogP contribution in [0.4, 0.5) is 0 Å². The number of nitrogens with zero attached hydrogens (tertiary/aromatic N) is 3. The third-order valence-electron chi connectivity index (χ3n) is 10.3. The van der Waals surface area contributed by atoms with Crippen LogP contribution < -0.4 is 0 Å². The van der Waals surface area contributed by atoms with Crippen LogP contribution in [0.1, 0.15) is 43.0 Å². The fourth-order valence-corrected chi connectivity index (χ4v) is 7.46. The van der Waals surface area contributed by atoms with Crippen LogP contribution in [0.15, 0.2) is 126 Å². The van der Waals surface area contributed by atoms with Crippen molar-refractivity contribution >= 4 is 17.9 Å². The zero-order valence-corrected chi connectivity index (χ0v) is 34.6. The quantitative estimate of drug-likeness (QED) is 0.0383. The van der Waals surface area contributed by atoms with Crippen molar-refractivity contribution in [3.8, 4) is 0 Å². The first-order chi connectivity index (χ1) is 30.1. The van der Waals surface area contributed by atoms with E-state index in [1.807, 2.05) is 121 Å². The van der Waals surface area contributed by atoms with Gasteiger partial charge >= 0.3 is 17.9 Å². The van der Waals surface area contributed by atoms with Gasteiger partial charge in [0.2, 0.25) is 0 Å². The average molecular weight is 854 g/mol. The molecular weight excluding hydrogens is 803 g/mol. The second kappa shape index (κ2) is 23.0. The summed E-state index contributed by atoms with van der Waals surface area (Å²) >= 11 is 0. The van der Waals surface area contributed by atoms with Crippen LogP contribution >= 0.6 is 0 Å². The molecule has 1 N–H and O–H groups in total. The van der Waals surface area contributed by atoms with Crippen LogP contribution in [0.5, 0.6) is 0 Å². The van der Waals surface area contributed by atoms with Gasteiger partial charge in [0.05, 0.1) is 26.4 Å². The van der Waals surface area contributed by atoms with Crippen LogP contribution in [0.3, 0.4) is 0 Å². The van der Waals surface area contributed by atoms with E-state index in [1.165, 1.54) is 6.92 Å². The van der Waals surface area contributed by atoms with Gasteiger partial charge in [-0.15, -0.1) is 0 Å². The van der Waals surface area contributed by atoms with Crippen molar-refractivity contribution in [2.24, 2.45) is 5.11 Å². The molecular formula is C46H51N3O13. The van der Waals surface area contributed by atoms with Crippen LogP contribution in [0, 0.1) is 0 Å². The Labute approximate surface area is 359 Å². The number of carbonyl (C=O) groups is 3. The maximum Gasteiger partial charge on any atom is 0.303 e. The molecule has 16 heteroatoms. The SMILES string of the molecule is CC(=O)OC[C@H]1O[C@H](O[C@@H]2[C@H](O)[C@@H](OCc3ccccc3)[C@H](OCc3ccccc3)[C@@H](OCc3ccccc3)[C@H]2OCc2ccccc2)[C@H](N=[N+]=[N-])[C@@H](OC(C)=O)[C@@H]1OC(C)=O. The van der Waals surface area contributed by atoms with Gasteiger partial charge in [0.25, 0.3) is 0 Å². The van der Waals surface area contributed by atoms with E-state index in [0.29, 0.717) is 0 Å². The van der Waals surface area contributed by atoms with Gasteiger partial charge < -0.3 is 47.7 Å². The Bertz CT molecular complexity index is 2060. The molecule has 62 heavy (non-hydrogen) atoms. The average Bonchev–Trinajstić information content (AvgIpc) is 3.27. The van der Waals surface area contributed by atoms with Gasteiger partial charge in [0, 0.05) is 25.7 Å². The zero-order chi connectivity index (χ0) is 43.8. The molecule has 4 aromatic rings. The maximum atomic E-state index is 12.7. The minimum Gasteiger partial charge on any atom is -0.463 e. The highest BCUT2D eigenvalue weighted by Gasteiger charge is 2.57. The molecule has 2 fully saturated rings. The molecule has 1 saturated carbocycles. The Morgan fingerprint density at radius 3 is 1.35 bits per heavy atom. The molecule has 0 unspecified atom stereocenters. The first kappa shape index (κ1) is 45.8. The monoisotopic (exact) mass is 853 g/mol. The highest BCUT2D eigenvalue weighted by Crippen LogP contribution is 2.38. The summed E-state index contributed by atoms with van der Waals surface area (Å²) in [6.07, 6.45) is -13.0. The van der Waals surface area contributed by atoms with Crippen LogP contribution in [-0.2, 0) is 83.4 Å². The molecule has 0 bridgehead atoms. The van der Waals surface area contributed by atoms with Gasteiger partial charge in [0.15, 0.2) is 18.5 Å². The van der Waals surface area contributed by atoms with E-state index in [0.717, 1.165) is 36.1 Å². The number of hydrogen-bond acceptors (Lipinski definition) is 14. The lowest BCUT2D eigenvalue weighted by atomic mass is 9.83. The van der Waals surface area contributed by atoms with Crippen molar-refractivity contribution in [2.45, 2.75) is 114 Å². The molecule has 4 aromatic carbocycles. The van der Waals surface area contributed by atoms with Crippen molar-refractivity contribution in [3.63, 3.8) is 0 Å². The summed E-state index contributed by atoms with van der Waals surface area (Å²) in [6.45, 7) is 3.28. The Balaban J connectivity index is 1.45. The van der Waals surface area contributed by atoms with Gasteiger partial charge in [-0.2, -0.15) is 0 Å². The molecule has 0 spiro atoms. The number of aliphatic hydroxyl groups is 1. The Kier molecular flexibility index (Phi) is 17.0. The predicted molar refractivity (Wildman–Crippen MR) is 220 cm³/mol. The maximum absolute atomic E-state index is 12.7. The van der Waals surface area contributed by atoms with Gasteiger partial charge in [-0.05, 0) is 27.8 Å². The zero-order valence-electron chi connectivity index (χ0n) is 34.6. The van der Waals surface area contributed by atoms with Gasteiger partial charge in [0.1, 0.15) is 55.4 Å². The van der Waals surface area contributed by atoms with Crippen molar-refractivity contribution in [1.29, 1.82) is 0 Å². The molecule has 1 heterocycles. The summed E-state index contributed by atoms with van der Waals surface area (Å²) in [5.74, 6) is -2.26. The van der Waals surface area contributed by atoms with E-state index in [2.05, 4.69) is 10.0 Å². The molecule has 11 atom stereocenters. The second-order valence-corrected chi connectivity index (χ2v) is 14.8. The van der Waals surface area contributed by atoms with E-state index in [-0.39, 0.29) is 26.4 Å². The second-order valence-electron chi connectivity index (χ2n) is 14.8. The normalized spacial score (nSPS) is 27.0. The lowest BCUT2D eigenvalue weighted by molar-refractivity contribution is -0.333. The molecule has 0 radical (unpaired) electrons. The third kappa shape index (κ3) is 12.7. The molecule has 1 aliphatic carbocycles. The van der Waals surface area contributed by atoms with Crippen LogP contribution in [0.25, 0.3) is 10.4 Å². The minimum absolute atomic E-state index is 0.0369. The van der Waals surface area contributed by atoms with E-state index in [9.17, 15) is 25.0 Å². The van der Waals surface area contributed by atoms with E-state index < -0.39 is 91.8 Å². The largest absolute Gasteiger partial charge is 0.463 e. The van der Waals surface area contributed by atoms with Crippen molar-refractivity contribution in [1.82, 2.24) is 0 Å². The first-order valence-electron chi connectivity index (χ1n) is 20.2. The Hall–Kier alpha value is -5.68. The number of benzene rings is 4. The minimum atomic E-state index is -1.63. The van der Waals surface area contributed by atoms with E-state index >= 15 is 0 Å². The van der Waals surface area contributed by atoms with E-state index in [1.54, 1.807) is 0 Å². The number of hydrogen-bond donors (Lipinski definition) is 1. The lowest BCUT2D eigenvalue weighted by Gasteiger charge is -2.50. The summed E-state index contributed by atoms with van der Waals surface area (Å²) in [5, 5.41) is 16.6. The Morgan fingerprint density at radius 1 is 0.565 bits per heavy atom. The van der Waals surface area contributed by atoms with E-state index in [4.69, 9.17) is 42.6 Å². The molecule has 0 aromatic heterocycles. The summed E-state index contributed by atoms with van der Waals surface area (Å²) in [7, 11) is 0. The number of azide groups is 1. The molecule has 328 valence electrons. The molecule has 2 aliphatic rings. The fourth-order valence-electron chi connectivity index (χ4n) is 7.46. The van der Waals surface area contributed by atoms with Crippen molar-refractivity contribution in [2.75, 3.05) is 6.61 Å². The molecule has 16 nitrogen and oxygen atoms in total. The standard InChI is InChI=1S/C46H51N3O13/c1-29(50)54-28-36-39(59-30(2)51)40(60-31(3)52)37(48-49-47)46(61-36)62-42-38(53)41(55-24-32-16-8-4-9-17-32)43(56-25-33-18-10-5-11-19-33)45(58-27-35-22-14-7-15-23-35)44(42)57-26-34-20-12-6-13-21-34/h4-23,36-46,53H,24-28H2,1-3H3/t36-,37-,38-,39-,40-,41-,42-,43+,44+,45-,46-/m1/s1. The third-order valence-corrected chi connectivity index (χ3v) is 10.3. The molecule has 0 amide bonds. The van der Waals surface area contributed by atoms with Crippen molar-refractivity contribution in [3.05, 3.63) is 154 Å². The molecule has 1 aliphatic heterocycles.